The van der Waals surface area contributed by atoms with Crippen LogP contribution in [0.1, 0.15) is 18.9 Å². The Morgan fingerprint density at radius 2 is 2.11 bits per heavy atom. The van der Waals surface area contributed by atoms with Gasteiger partial charge in [0.2, 0.25) is 0 Å². The zero-order valence-corrected chi connectivity index (χ0v) is 12.2. The van der Waals surface area contributed by atoms with Gasteiger partial charge in [0, 0.05) is 5.56 Å². The van der Waals surface area contributed by atoms with Crippen molar-refractivity contribution in [3.8, 4) is 5.75 Å². The number of hydrogen-bond donors (Lipinski definition) is 1. The zero-order chi connectivity index (χ0) is 14.5. The van der Waals surface area contributed by atoms with Crippen LogP contribution in [0.4, 0.5) is 4.39 Å². The Morgan fingerprint density at radius 1 is 1.42 bits per heavy atom. The van der Waals surface area contributed by atoms with Gasteiger partial charge in [-0.1, -0.05) is 19.1 Å². The molecule has 1 aromatic rings. The van der Waals surface area contributed by atoms with E-state index in [1.54, 1.807) is 6.92 Å². The van der Waals surface area contributed by atoms with Gasteiger partial charge >= 0.3 is 0 Å². The van der Waals surface area contributed by atoms with Gasteiger partial charge in [-0.3, -0.25) is 0 Å². The van der Waals surface area contributed by atoms with Crippen molar-refractivity contribution < 1.29 is 17.5 Å². The standard InChI is InChI=1S/C12H16FNO3S2/c1-2-6-19(15,16)7-5-17-11-4-3-9(12(14)18)8-10(11)13/h3-4,8H,2,5-7H2,1H3,(H2,14,18). The maximum Gasteiger partial charge on any atom is 0.165 e. The molecule has 0 aromatic heterocycles. The number of hydrogen-bond acceptors (Lipinski definition) is 4. The van der Waals surface area contributed by atoms with Gasteiger partial charge < -0.3 is 10.5 Å². The molecule has 0 spiro atoms. The topological polar surface area (TPSA) is 69.4 Å². The predicted molar refractivity (Wildman–Crippen MR) is 76.7 cm³/mol. The Hall–Kier alpha value is -1.21. The lowest BCUT2D eigenvalue weighted by atomic mass is 10.2. The van der Waals surface area contributed by atoms with Crippen molar-refractivity contribution in [1.29, 1.82) is 0 Å². The number of halogens is 1. The summed E-state index contributed by atoms with van der Waals surface area (Å²) < 4.78 is 41.6. The lowest BCUT2D eigenvalue weighted by molar-refractivity contribution is 0.322. The molecule has 0 atom stereocenters. The monoisotopic (exact) mass is 305 g/mol. The summed E-state index contributed by atoms with van der Waals surface area (Å²) in [6.45, 7) is 1.71. The highest BCUT2D eigenvalue weighted by atomic mass is 32.2. The van der Waals surface area contributed by atoms with E-state index in [1.165, 1.54) is 12.1 Å². The first-order valence-corrected chi connectivity index (χ1v) is 8.01. The Labute approximate surface area is 117 Å². The molecule has 0 bridgehead atoms. The minimum atomic E-state index is -3.12. The van der Waals surface area contributed by atoms with Crippen LogP contribution >= 0.6 is 12.2 Å². The average molecular weight is 305 g/mol. The molecule has 0 aliphatic rings. The third kappa shape index (κ3) is 5.12. The molecular weight excluding hydrogens is 289 g/mol. The van der Waals surface area contributed by atoms with E-state index in [9.17, 15) is 12.8 Å². The van der Waals surface area contributed by atoms with Crippen LogP contribution in [-0.4, -0.2) is 31.5 Å². The van der Waals surface area contributed by atoms with Gasteiger partial charge in [0.1, 0.15) is 11.6 Å². The molecule has 19 heavy (non-hydrogen) atoms. The van der Waals surface area contributed by atoms with Crippen molar-refractivity contribution in [2.75, 3.05) is 18.1 Å². The summed E-state index contributed by atoms with van der Waals surface area (Å²) in [4.78, 5) is 0.0935. The third-order valence-electron chi connectivity index (χ3n) is 2.38. The molecule has 0 aliphatic carbocycles. The van der Waals surface area contributed by atoms with Gasteiger partial charge in [-0.05, 0) is 24.6 Å². The fourth-order valence-corrected chi connectivity index (χ4v) is 2.75. The maximum atomic E-state index is 13.6. The highest BCUT2D eigenvalue weighted by Crippen LogP contribution is 2.18. The summed E-state index contributed by atoms with van der Waals surface area (Å²) in [5, 5.41) is 0. The molecule has 4 nitrogen and oxygen atoms in total. The van der Waals surface area contributed by atoms with E-state index >= 15 is 0 Å². The number of sulfone groups is 1. The SMILES string of the molecule is CCCS(=O)(=O)CCOc1ccc(C(N)=S)cc1F. The first-order valence-electron chi connectivity index (χ1n) is 5.78. The summed E-state index contributed by atoms with van der Waals surface area (Å²) in [6, 6.07) is 4.08. The number of rotatable bonds is 7. The molecule has 1 rings (SSSR count). The number of thiocarbonyl (C=S) groups is 1. The molecule has 1 aromatic carbocycles. The molecule has 0 saturated heterocycles. The summed E-state index contributed by atoms with van der Waals surface area (Å²) in [7, 11) is -3.12. The zero-order valence-electron chi connectivity index (χ0n) is 10.6. The van der Waals surface area contributed by atoms with Crippen LogP contribution in [0.3, 0.4) is 0 Å². The van der Waals surface area contributed by atoms with Crippen molar-refractivity contribution in [3.63, 3.8) is 0 Å². The van der Waals surface area contributed by atoms with Gasteiger partial charge in [-0.25, -0.2) is 12.8 Å². The normalized spacial score (nSPS) is 11.3. The van der Waals surface area contributed by atoms with E-state index in [1.807, 2.05) is 0 Å². The largest absolute Gasteiger partial charge is 0.489 e. The molecule has 2 N–H and O–H groups in total. The van der Waals surface area contributed by atoms with Crippen LogP contribution in [0.2, 0.25) is 0 Å². The van der Waals surface area contributed by atoms with Crippen molar-refractivity contribution >= 4 is 27.0 Å². The van der Waals surface area contributed by atoms with Crippen molar-refractivity contribution in [1.82, 2.24) is 0 Å². The molecule has 0 heterocycles. The highest BCUT2D eigenvalue weighted by molar-refractivity contribution is 7.91. The van der Waals surface area contributed by atoms with Gasteiger partial charge in [-0.15, -0.1) is 0 Å². The minimum Gasteiger partial charge on any atom is -0.489 e. The van der Waals surface area contributed by atoms with Crippen molar-refractivity contribution in [3.05, 3.63) is 29.6 Å². The second kappa shape index (κ2) is 6.81. The Bertz CT molecular complexity index is 558. The van der Waals surface area contributed by atoms with Crippen molar-refractivity contribution in [2.45, 2.75) is 13.3 Å². The minimum absolute atomic E-state index is 0.00769. The summed E-state index contributed by atoms with van der Waals surface area (Å²) in [6.07, 6.45) is 0.555. The summed E-state index contributed by atoms with van der Waals surface area (Å²) >= 11 is 4.72. The molecule has 0 fully saturated rings. The quantitative estimate of drug-likeness (QED) is 0.776. The molecular formula is C12H16FNO3S2. The molecule has 0 amide bonds. The Kier molecular flexibility index (Phi) is 5.68. The lowest BCUT2D eigenvalue weighted by Gasteiger charge is -2.08. The summed E-state index contributed by atoms with van der Waals surface area (Å²) in [5.41, 5.74) is 5.77. The molecule has 7 heteroatoms. The summed E-state index contributed by atoms with van der Waals surface area (Å²) in [5.74, 6) is -0.638. The van der Waals surface area contributed by atoms with Crippen LogP contribution in [0, 0.1) is 5.82 Å². The van der Waals surface area contributed by atoms with E-state index in [4.69, 9.17) is 22.7 Å². The van der Waals surface area contributed by atoms with Gasteiger partial charge in [0.15, 0.2) is 21.4 Å². The van der Waals surface area contributed by atoms with Crippen LogP contribution < -0.4 is 10.5 Å². The van der Waals surface area contributed by atoms with Gasteiger partial charge in [-0.2, -0.15) is 0 Å². The number of ether oxygens (including phenoxy) is 1. The maximum absolute atomic E-state index is 13.6. The molecule has 106 valence electrons. The van der Waals surface area contributed by atoms with Crippen molar-refractivity contribution in [2.24, 2.45) is 5.73 Å². The fourth-order valence-electron chi connectivity index (χ4n) is 1.46. The first kappa shape index (κ1) is 15.8. The fraction of sp³-hybridized carbons (Fsp3) is 0.417. The van der Waals surface area contributed by atoms with E-state index in [0.29, 0.717) is 12.0 Å². The highest BCUT2D eigenvalue weighted by Gasteiger charge is 2.11. The first-order chi connectivity index (χ1) is 8.85. The van der Waals surface area contributed by atoms with Crippen LogP contribution in [0.15, 0.2) is 18.2 Å². The van der Waals surface area contributed by atoms with E-state index in [-0.39, 0.29) is 28.9 Å². The second-order valence-corrected chi connectivity index (χ2v) is 6.75. The molecule has 0 aliphatic heterocycles. The van der Waals surface area contributed by atoms with E-state index in [2.05, 4.69) is 0 Å². The van der Waals surface area contributed by atoms with Gasteiger partial charge in [0.05, 0.1) is 11.5 Å². The number of nitrogens with two attached hydrogens (primary N) is 1. The molecule has 0 saturated carbocycles. The Balaban J connectivity index is 2.62. The van der Waals surface area contributed by atoms with Crippen LogP contribution in [0.25, 0.3) is 0 Å². The smallest absolute Gasteiger partial charge is 0.165 e. The Morgan fingerprint density at radius 3 is 2.63 bits per heavy atom. The van der Waals surface area contributed by atoms with Crippen LogP contribution in [0.5, 0.6) is 5.75 Å². The van der Waals surface area contributed by atoms with E-state index < -0.39 is 15.7 Å². The second-order valence-electron chi connectivity index (χ2n) is 4.01. The lowest BCUT2D eigenvalue weighted by Crippen LogP contribution is -2.17. The van der Waals surface area contributed by atoms with Crippen LogP contribution in [-0.2, 0) is 9.84 Å². The molecule has 0 unspecified atom stereocenters. The third-order valence-corrected chi connectivity index (χ3v) is 4.44. The number of benzene rings is 1. The van der Waals surface area contributed by atoms with Gasteiger partial charge in [0.25, 0.3) is 0 Å². The predicted octanol–water partition coefficient (Wildman–Crippen LogP) is 1.66. The van der Waals surface area contributed by atoms with E-state index in [0.717, 1.165) is 6.07 Å². The molecule has 0 radical (unpaired) electrons. The average Bonchev–Trinajstić information content (AvgIpc) is 2.30.